The van der Waals surface area contributed by atoms with Crippen LogP contribution in [0.4, 0.5) is 18.3 Å². The number of hydrogen-bond donors (Lipinski definition) is 1. The number of alkyl halides is 3. The second-order valence-corrected chi connectivity index (χ2v) is 3.70. The molecule has 1 heterocycles. The van der Waals surface area contributed by atoms with Crippen LogP contribution in [-0.2, 0) is 6.18 Å². The molecule has 7 heteroatoms. The van der Waals surface area contributed by atoms with E-state index in [0.717, 1.165) is 5.57 Å². The third-order valence-corrected chi connectivity index (χ3v) is 2.13. The summed E-state index contributed by atoms with van der Waals surface area (Å²) in [6.45, 7) is 5.76. The second-order valence-electron chi connectivity index (χ2n) is 2.72. The quantitative estimate of drug-likeness (QED) is 0.800. The van der Waals surface area contributed by atoms with Crippen LogP contribution in [0.1, 0.15) is 11.9 Å². The highest BCUT2D eigenvalue weighted by molar-refractivity contribution is 7.15. The second kappa shape index (κ2) is 3.95. The number of rotatable bonds is 3. The van der Waals surface area contributed by atoms with Gasteiger partial charge < -0.3 is 5.32 Å². The minimum absolute atomic E-state index is 0.153. The maximum Gasteiger partial charge on any atom is 0.445 e. The average molecular weight is 223 g/mol. The summed E-state index contributed by atoms with van der Waals surface area (Å²) in [5.74, 6) is 0. The van der Waals surface area contributed by atoms with E-state index in [0.29, 0.717) is 17.9 Å². The first kappa shape index (κ1) is 11.0. The van der Waals surface area contributed by atoms with E-state index in [1.54, 1.807) is 6.92 Å². The lowest BCUT2D eigenvalue weighted by atomic mass is 10.4. The number of nitrogens with zero attached hydrogens (tertiary/aromatic N) is 2. The smallest absolute Gasteiger partial charge is 0.356 e. The van der Waals surface area contributed by atoms with E-state index in [1.807, 2.05) is 0 Å². The van der Waals surface area contributed by atoms with Crippen LogP contribution in [0.2, 0.25) is 0 Å². The fraction of sp³-hybridized carbons (Fsp3) is 0.429. The Labute approximate surface area is 82.7 Å². The molecule has 0 fully saturated rings. The molecule has 0 spiro atoms. The average Bonchev–Trinajstić information content (AvgIpc) is 2.47. The Morgan fingerprint density at radius 1 is 1.50 bits per heavy atom. The number of aromatic nitrogens is 2. The summed E-state index contributed by atoms with van der Waals surface area (Å²) in [5.41, 5.74) is 0.814. The zero-order valence-corrected chi connectivity index (χ0v) is 8.17. The van der Waals surface area contributed by atoms with Gasteiger partial charge in [0.2, 0.25) is 10.1 Å². The summed E-state index contributed by atoms with van der Waals surface area (Å²) in [6.07, 6.45) is -4.42. The topological polar surface area (TPSA) is 37.8 Å². The van der Waals surface area contributed by atoms with Crippen molar-refractivity contribution >= 4 is 16.5 Å². The molecule has 1 aromatic rings. The van der Waals surface area contributed by atoms with Gasteiger partial charge in [-0.2, -0.15) is 13.2 Å². The molecule has 0 bridgehead atoms. The molecule has 0 radical (unpaired) electrons. The van der Waals surface area contributed by atoms with E-state index >= 15 is 0 Å². The Bertz CT molecular complexity index is 331. The molecule has 1 rings (SSSR count). The molecular weight excluding hydrogens is 215 g/mol. The molecule has 1 N–H and O–H groups in total. The Morgan fingerprint density at radius 3 is 2.57 bits per heavy atom. The summed E-state index contributed by atoms with van der Waals surface area (Å²) in [4.78, 5) is 0. The highest BCUT2D eigenvalue weighted by Crippen LogP contribution is 2.32. The molecule has 0 aliphatic carbocycles. The van der Waals surface area contributed by atoms with Gasteiger partial charge in [0.1, 0.15) is 0 Å². The predicted octanol–water partition coefficient (Wildman–Crippen LogP) is 2.54. The van der Waals surface area contributed by atoms with E-state index in [9.17, 15) is 13.2 Å². The highest BCUT2D eigenvalue weighted by Gasteiger charge is 2.35. The first-order valence-corrected chi connectivity index (χ1v) is 4.50. The van der Waals surface area contributed by atoms with Gasteiger partial charge in [0.05, 0.1) is 0 Å². The summed E-state index contributed by atoms with van der Waals surface area (Å²) in [7, 11) is 0. The van der Waals surface area contributed by atoms with Crippen LogP contribution in [0.25, 0.3) is 0 Å². The fourth-order valence-electron chi connectivity index (χ4n) is 0.636. The molecule has 0 aliphatic rings. The van der Waals surface area contributed by atoms with Crippen molar-refractivity contribution in [1.82, 2.24) is 10.2 Å². The number of anilines is 1. The Morgan fingerprint density at radius 2 is 2.14 bits per heavy atom. The third kappa shape index (κ3) is 2.99. The van der Waals surface area contributed by atoms with Crippen LogP contribution in [0.3, 0.4) is 0 Å². The van der Waals surface area contributed by atoms with Crippen LogP contribution in [0, 0.1) is 0 Å². The van der Waals surface area contributed by atoms with Crippen molar-refractivity contribution in [3.8, 4) is 0 Å². The SMILES string of the molecule is C=C(C)CNc1nnc(C(F)(F)F)s1. The maximum atomic E-state index is 12.1. The van der Waals surface area contributed by atoms with Crippen LogP contribution < -0.4 is 5.32 Å². The van der Waals surface area contributed by atoms with Gasteiger partial charge in [-0.25, -0.2) is 0 Å². The van der Waals surface area contributed by atoms with Crippen molar-refractivity contribution in [3.05, 3.63) is 17.2 Å². The summed E-state index contributed by atoms with van der Waals surface area (Å²) >= 11 is 0.482. The summed E-state index contributed by atoms with van der Waals surface area (Å²) in [5, 5.41) is 8.26. The number of halogens is 3. The van der Waals surface area contributed by atoms with Gasteiger partial charge in [0.15, 0.2) is 0 Å². The molecule has 0 atom stereocenters. The number of nitrogens with one attached hydrogen (secondary N) is 1. The van der Waals surface area contributed by atoms with Crippen LogP contribution in [0.15, 0.2) is 12.2 Å². The molecule has 14 heavy (non-hydrogen) atoms. The lowest BCUT2D eigenvalue weighted by molar-refractivity contribution is -0.138. The molecule has 0 aliphatic heterocycles. The van der Waals surface area contributed by atoms with Crippen molar-refractivity contribution in [2.45, 2.75) is 13.1 Å². The first-order chi connectivity index (χ1) is 6.39. The lowest BCUT2D eigenvalue weighted by Gasteiger charge is -1.99. The van der Waals surface area contributed by atoms with Gasteiger partial charge in [0.25, 0.3) is 0 Å². The van der Waals surface area contributed by atoms with Gasteiger partial charge in [-0.3, -0.25) is 0 Å². The maximum absolute atomic E-state index is 12.1. The predicted molar refractivity (Wildman–Crippen MR) is 48.2 cm³/mol. The lowest BCUT2D eigenvalue weighted by Crippen LogP contribution is -2.03. The van der Waals surface area contributed by atoms with Crippen molar-refractivity contribution in [2.75, 3.05) is 11.9 Å². The standard InChI is InChI=1S/C7H8F3N3S/c1-4(2)3-11-6-13-12-5(14-6)7(8,9)10/h1,3H2,2H3,(H,11,13). The Balaban J connectivity index is 2.64. The first-order valence-electron chi connectivity index (χ1n) is 3.68. The van der Waals surface area contributed by atoms with Crippen molar-refractivity contribution in [1.29, 1.82) is 0 Å². The molecule has 0 unspecified atom stereocenters. The molecule has 3 nitrogen and oxygen atoms in total. The van der Waals surface area contributed by atoms with E-state index in [2.05, 4.69) is 22.1 Å². The van der Waals surface area contributed by atoms with Crippen molar-refractivity contribution in [2.24, 2.45) is 0 Å². The fourth-order valence-corrected chi connectivity index (χ4v) is 1.24. The van der Waals surface area contributed by atoms with Crippen molar-refractivity contribution < 1.29 is 13.2 Å². The highest BCUT2D eigenvalue weighted by atomic mass is 32.1. The van der Waals surface area contributed by atoms with Gasteiger partial charge in [-0.1, -0.05) is 23.5 Å². The Hall–Kier alpha value is -1.11. The molecule has 0 aromatic carbocycles. The van der Waals surface area contributed by atoms with E-state index in [-0.39, 0.29) is 5.13 Å². The summed E-state index contributed by atoms with van der Waals surface area (Å²) < 4.78 is 36.2. The van der Waals surface area contributed by atoms with E-state index < -0.39 is 11.2 Å². The zero-order chi connectivity index (χ0) is 10.8. The zero-order valence-electron chi connectivity index (χ0n) is 7.35. The van der Waals surface area contributed by atoms with Gasteiger partial charge >= 0.3 is 6.18 Å². The van der Waals surface area contributed by atoms with E-state index in [1.165, 1.54) is 0 Å². The summed E-state index contributed by atoms with van der Waals surface area (Å²) in [6, 6.07) is 0. The largest absolute Gasteiger partial charge is 0.445 e. The van der Waals surface area contributed by atoms with Crippen LogP contribution >= 0.6 is 11.3 Å². The van der Waals surface area contributed by atoms with Crippen LogP contribution in [-0.4, -0.2) is 16.7 Å². The third-order valence-electron chi connectivity index (χ3n) is 1.21. The molecule has 0 saturated carbocycles. The van der Waals surface area contributed by atoms with Gasteiger partial charge in [-0.05, 0) is 6.92 Å². The number of hydrogen-bond acceptors (Lipinski definition) is 4. The monoisotopic (exact) mass is 223 g/mol. The normalized spacial score (nSPS) is 11.4. The molecule has 0 amide bonds. The minimum Gasteiger partial charge on any atom is -0.356 e. The minimum atomic E-state index is -4.42. The molecule has 78 valence electrons. The van der Waals surface area contributed by atoms with Crippen molar-refractivity contribution in [3.63, 3.8) is 0 Å². The van der Waals surface area contributed by atoms with Crippen LogP contribution in [0.5, 0.6) is 0 Å². The Kier molecular flexibility index (Phi) is 3.10. The molecule has 1 aromatic heterocycles. The molecule has 0 saturated heterocycles. The van der Waals surface area contributed by atoms with Gasteiger partial charge in [-0.15, -0.1) is 10.2 Å². The molecular formula is C7H8F3N3S. The van der Waals surface area contributed by atoms with E-state index in [4.69, 9.17) is 0 Å². The van der Waals surface area contributed by atoms with Gasteiger partial charge in [0, 0.05) is 6.54 Å².